The van der Waals surface area contributed by atoms with Gasteiger partial charge in [-0.25, -0.2) is 9.59 Å². The zero-order valence-electron chi connectivity index (χ0n) is 15.6. The number of esters is 2. The molecule has 0 spiro atoms. The molecule has 0 heterocycles. The summed E-state index contributed by atoms with van der Waals surface area (Å²) in [5.74, 6) is -0.905. The van der Waals surface area contributed by atoms with Gasteiger partial charge in [0.25, 0.3) is 0 Å². The van der Waals surface area contributed by atoms with Crippen molar-refractivity contribution in [2.45, 2.75) is 19.8 Å². The van der Waals surface area contributed by atoms with Gasteiger partial charge >= 0.3 is 11.9 Å². The number of rotatable bonds is 7. The van der Waals surface area contributed by atoms with Gasteiger partial charge in [0.2, 0.25) is 0 Å². The molecule has 2 aromatic rings. The van der Waals surface area contributed by atoms with Crippen LogP contribution in [0.1, 0.15) is 51.6 Å². The van der Waals surface area contributed by atoms with Crippen LogP contribution in [0.25, 0.3) is 6.08 Å². The van der Waals surface area contributed by atoms with E-state index in [0.717, 1.165) is 11.1 Å². The Labute approximate surface area is 158 Å². The normalized spacial score (nSPS) is 10.8. The van der Waals surface area contributed by atoms with Crippen LogP contribution < -0.4 is 0 Å². The number of hydrogen-bond donors (Lipinski definition) is 0. The predicted molar refractivity (Wildman–Crippen MR) is 103 cm³/mol. The summed E-state index contributed by atoms with van der Waals surface area (Å²) in [6, 6.07) is 13.8. The Kier molecular flexibility index (Phi) is 7.06. The van der Waals surface area contributed by atoms with E-state index in [0.29, 0.717) is 17.0 Å². The molecule has 5 heteroatoms. The zero-order chi connectivity index (χ0) is 19.8. The molecule has 0 atom stereocenters. The lowest BCUT2D eigenvalue weighted by molar-refractivity contribution is -0.136. The highest BCUT2D eigenvalue weighted by atomic mass is 16.5. The first kappa shape index (κ1) is 20.1. The molecular weight excluding hydrogens is 344 g/mol. The molecule has 0 N–H and O–H groups in total. The molecule has 0 radical (unpaired) electrons. The van der Waals surface area contributed by atoms with Gasteiger partial charge in [0.1, 0.15) is 0 Å². The van der Waals surface area contributed by atoms with Crippen molar-refractivity contribution in [2.24, 2.45) is 0 Å². The average Bonchev–Trinajstić information content (AvgIpc) is 2.70. The van der Waals surface area contributed by atoms with Gasteiger partial charge < -0.3 is 9.47 Å². The SMILES string of the molecule is COC(=O)c1ccc(/C=C/C(=O)OCC(=O)c2ccc(C(C)C)cc2)cc1. The quantitative estimate of drug-likeness (QED) is 0.420. The van der Waals surface area contributed by atoms with Crippen molar-refractivity contribution < 1.29 is 23.9 Å². The molecular formula is C22H22O5. The fourth-order valence-corrected chi connectivity index (χ4v) is 2.33. The van der Waals surface area contributed by atoms with E-state index in [1.807, 2.05) is 12.1 Å². The van der Waals surface area contributed by atoms with E-state index in [1.165, 1.54) is 13.2 Å². The Balaban J connectivity index is 1.87. The number of carbonyl (C=O) groups excluding carboxylic acids is 3. The van der Waals surface area contributed by atoms with Gasteiger partial charge in [-0.2, -0.15) is 0 Å². The Morgan fingerprint density at radius 3 is 2.07 bits per heavy atom. The minimum absolute atomic E-state index is 0.255. The molecule has 0 saturated carbocycles. The lowest BCUT2D eigenvalue weighted by atomic mass is 10.0. The highest BCUT2D eigenvalue weighted by Gasteiger charge is 2.09. The maximum absolute atomic E-state index is 12.1. The van der Waals surface area contributed by atoms with Gasteiger partial charge in [0.05, 0.1) is 12.7 Å². The van der Waals surface area contributed by atoms with Crippen molar-refractivity contribution in [1.29, 1.82) is 0 Å². The molecule has 0 aromatic heterocycles. The summed E-state index contributed by atoms with van der Waals surface area (Å²) in [4.78, 5) is 35.2. The molecule has 2 aromatic carbocycles. The smallest absolute Gasteiger partial charge is 0.337 e. The first-order valence-corrected chi connectivity index (χ1v) is 8.57. The maximum Gasteiger partial charge on any atom is 0.337 e. The Hall–Kier alpha value is -3.21. The van der Waals surface area contributed by atoms with Crippen molar-refractivity contribution >= 4 is 23.8 Å². The van der Waals surface area contributed by atoms with Gasteiger partial charge in [-0.15, -0.1) is 0 Å². The molecule has 0 bridgehead atoms. The third-order valence-electron chi connectivity index (χ3n) is 3.99. The largest absolute Gasteiger partial charge is 0.465 e. The third kappa shape index (κ3) is 5.92. The number of methoxy groups -OCH3 is 1. The number of hydrogen-bond acceptors (Lipinski definition) is 5. The van der Waals surface area contributed by atoms with E-state index in [-0.39, 0.29) is 12.4 Å². The minimum Gasteiger partial charge on any atom is -0.465 e. The molecule has 0 aliphatic heterocycles. The van der Waals surface area contributed by atoms with Crippen molar-refractivity contribution in [3.05, 3.63) is 76.9 Å². The van der Waals surface area contributed by atoms with E-state index in [9.17, 15) is 14.4 Å². The van der Waals surface area contributed by atoms with Crippen LogP contribution in [0.3, 0.4) is 0 Å². The molecule has 0 aliphatic rings. The van der Waals surface area contributed by atoms with Crippen LogP contribution in [-0.4, -0.2) is 31.4 Å². The molecule has 0 amide bonds. The van der Waals surface area contributed by atoms with Crippen LogP contribution in [0.15, 0.2) is 54.6 Å². The third-order valence-corrected chi connectivity index (χ3v) is 3.99. The lowest BCUT2D eigenvalue weighted by Gasteiger charge is -2.06. The van der Waals surface area contributed by atoms with E-state index in [1.54, 1.807) is 42.5 Å². The maximum atomic E-state index is 12.1. The van der Waals surface area contributed by atoms with Crippen LogP contribution in [0.4, 0.5) is 0 Å². The number of ketones is 1. The fraction of sp³-hybridized carbons (Fsp3) is 0.227. The first-order valence-electron chi connectivity index (χ1n) is 8.57. The van der Waals surface area contributed by atoms with Gasteiger partial charge in [-0.1, -0.05) is 50.2 Å². The van der Waals surface area contributed by atoms with Crippen LogP contribution in [0.2, 0.25) is 0 Å². The Bertz CT molecular complexity index is 830. The van der Waals surface area contributed by atoms with Gasteiger partial charge in [-0.05, 0) is 35.3 Å². The molecule has 2 rings (SSSR count). The molecule has 0 unspecified atom stereocenters. The second-order valence-electron chi connectivity index (χ2n) is 6.25. The van der Waals surface area contributed by atoms with Gasteiger partial charge in [0, 0.05) is 11.6 Å². The number of benzene rings is 2. The second-order valence-corrected chi connectivity index (χ2v) is 6.25. The van der Waals surface area contributed by atoms with E-state index in [2.05, 4.69) is 18.6 Å². The van der Waals surface area contributed by atoms with E-state index >= 15 is 0 Å². The molecule has 140 valence electrons. The molecule has 27 heavy (non-hydrogen) atoms. The van der Waals surface area contributed by atoms with Crippen LogP contribution >= 0.6 is 0 Å². The number of Topliss-reactive ketones (excluding diaryl/α,β-unsaturated/α-hetero) is 1. The molecule has 0 fully saturated rings. The van der Waals surface area contributed by atoms with Crippen LogP contribution in [0, 0.1) is 0 Å². The van der Waals surface area contributed by atoms with E-state index < -0.39 is 11.9 Å². The number of carbonyl (C=O) groups is 3. The molecule has 0 saturated heterocycles. The van der Waals surface area contributed by atoms with Crippen molar-refractivity contribution in [2.75, 3.05) is 13.7 Å². The highest BCUT2D eigenvalue weighted by Crippen LogP contribution is 2.15. The zero-order valence-corrected chi connectivity index (χ0v) is 15.6. The Morgan fingerprint density at radius 1 is 0.926 bits per heavy atom. The summed E-state index contributed by atoms with van der Waals surface area (Å²) in [5.41, 5.74) is 2.79. The number of ether oxygens (including phenoxy) is 2. The summed E-state index contributed by atoms with van der Waals surface area (Å²) in [6.45, 7) is 3.84. The van der Waals surface area contributed by atoms with Crippen LogP contribution in [-0.2, 0) is 14.3 Å². The minimum atomic E-state index is -0.612. The highest BCUT2D eigenvalue weighted by molar-refractivity contribution is 5.99. The van der Waals surface area contributed by atoms with Crippen LogP contribution in [0.5, 0.6) is 0 Å². The topological polar surface area (TPSA) is 69.7 Å². The summed E-state index contributed by atoms with van der Waals surface area (Å²) < 4.78 is 9.61. The van der Waals surface area contributed by atoms with Crippen molar-refractivity contribution in [3.8, 4) is 0 Å². The fourth-order valence-electron chi connectivity index (χ4n) is 2.33. The Morgan fingerprint density at radius 2 is 1.52 bits per heavy atom. The summed E-state index contributed by atoms with van der Waals surface area (Å²) in [6.07, 6.45) is 2.79. The van der Waals surface area contributed by atoms with E-state index in [4.69, 9.17) is 4.74 Å². The van der Waals surface area contributed by atoms with Crippen molar-refractivity contribution in [3.63, 3.8) is 0 Å². The monoisotopic (exact) mass is 366 g/mol. The van der Waals surface area contributed by atoms with Gasteiger partial charge in [0.15, 0.2) is 12.4 Å². The second kappa shape index (κ2) is 9.48. The van der Waals surface area contributed by atoms with Crippen molar-refractivity contribution in [1.82, 2.24) is 0 Å². The first-order chi connectivity index (χ1) is 12.9. The lowest BCUT2D eigenvalue weighted by Crippen LogP contribution is -2.12. The average molecular weight is 366 g/mol. The summed E-state index contributed by atoms with van der Waals surface area (Å²) in [5, 5.41) is 0. The predicted octanol–water partition coefficient (Wildman–Crippen LogP) is 4.04. The van der Waals surface area contributed by atoms with Gasteiger partial charge in [-0.3, -0.25) is 4.79 Å². The molecule has 0 aliphatic carbocycles. The summed E-state index contributed by atoms with van der Waals surface area (Å²) >= 11 is 0. The molecule has 5 nitrogen and oxygen atoms in total. The summed E-state index contributed by atoms with van der Waals surface area (Å²) in [7, 11) is 1.31. The standard InChI is InChI=1S/C22H22O5/c1-15(2)17-9-11-18(12-10-17)20(23)14-27-21(24)13-6-16-4-7-19(8-5-16)22(25)26-3/h4-13,15H,14H2,1-3H3/b13-6+.